The molecule has 0 atom stereocenters. The van der Waals surface area contributed by atoms with Gasteiger partial charge in [0, 0.05) is 16.3 Å². The van der Waals surface area contributed by atoms with Crippen molar-refractivity contribution in [3.8, 4) is 0 Å². The lowest BCUT2D eigenvalue weighted by Gasteiger charge is -2.06. The van der Waals surface area contributed by atoms with Crippen LogP contribution in [0.1, 0.15) is 28.2 Å². The summed E-state index contributed by atoms with van der Waals surface area (Å²) in [6, 6.07) is 7.65. The number of aryl methyl sites for hydroxylation is 2. The van der Waals surface area contributed by atoms with Crippen LogP contribution in [0.2, 0.25) is 5.02 Å². The molecule has 2 aromatic heterocycles. The molecular weight excluding hydrogens is 372 g/mol. The second-order valence-electron chi connectivity index (χ2n) is 5.81. The molecule has 0 aliphatic carbocycles. The largest absolute Gasteiger partial charge is 0.296 e. The highest BCUT2D eigenvalue weighted by atomic mass is 35.5. The van der Waals surface area contributed by atoms with Crippen LogP contribution in [0.25, 0.3) is 0 Å². The lowest BCUT2D eigenvalue weighted by Crippen LogP contribution is -2.22. The quantitative estimate of drug-likeness (QED) is 0.550. The Morgan fingerprint density at radius 2 is 2.00 bits per heavy atom. The zero-order valence-corrected chi connectivity index (χ0v) is 16.1. The van der Waals surface area contributed by atoms with Crippen molar-refractivity contribution in [3.05, 3.63) is 72.6 Å². The standard InChI is InChI=1S/C17H17ClN6OS/c1-10-14(8-19-24-16(25)11(2)20-21-17(24)26)12(3)23(22-10)9-13-6-4-5-7-15(13)18/h4-8H,9H2,1-3H3,(H,21,26)/b19-8-. The predicted molar refractivity (Wildman–Crippen MR) is 104 cm³/mol. The first kappa shape index (κ1) is 18.2. The number of hydrogen-bond donors (Lipinski definition) is 1. The molecule has 3 rings (SSSR count). The summed E-state index contributed by atoms with van der Waals surface area (Å²) < 4.78 is 3.11. The van der Waals surface area contributed by atoms with Crippen LogP contribution in [0.4, 0.5) is 0 Å². The summed E-state index contributed by atoms with van der Waals surface area (Å²) in [7, 11) is 0. The van der Waals surface area contributed by atoms with Gasteiger partial charge in [-0.2, -0.15) is 20.0 Å². The van der Waals surface area contributed by atoms with E-state index in [4.69, 9.17) is 23.8 Å². The summed E-state index contributed by atoms with van der Waals surface area (Å²) in [5.41, 5.74) is 3.45. The summed E-state index contributed by atoms with van der Waals surface area (Å²) in [6.45, 7) is 5.98. The van der Waals surface area contributed by atoms with Gasteiger partial charge in [0.25, 0.3) is 5.56 Å². The second-order valence-corrected chi connectivity index (χ2v) is 6.60. The Hall–Kier alpha value is -2.58. The molecule has 134 valence electrons. The molecule has 2 heterocycles. The average molecular weight is 389 g/mol. The van der Waals surface area contributed by atoms with Gasteiger partial charge in [0.1, 0.15) is 5.69 Å². The number of aromatic amines is 1. The van der Waals surface area contributed by atoms with Gasteiger partial charge in [-0.1, -0.05) is 29.8 Å². The Bertz CT molecular complexity index is 1110. The molecule has 0 amide bonds. The second kappa shape index (κ2) is 7.35. The molecule has 0 saturated heterocycles. The zero-order chi connectivity index (χ0) is 18.8. The first-order valence-corrected chi connectivity index (χ1v) is 8.67. The Balaban J connectivity index is 1.97. The molecule has 0 radical (unpaired) electrons. The Kier molecular flexibility index (Phi) is 5.15. The molecule has 1 aromatic carbocycles. The molecule has 7 nitrogen and oxygen atoms in total. The molecule has 0 saturated carbocycles. The fraction of sp³-hybridized carbons (Fsp3) is 0.235. The number of hydrogen-bond acceptors (Lipinski definition) is 5. The van der Waals surface area contributed by atoms with Crippen LogP contribution in [-0.4, -0.2) is 30.9 Å². The number of benzene rings is 1. The van der Waals surface area contributed by atoms with Crippen LogP contribution < -0.4 is 5.56 Å². The van der Waals surface area contributed by atoms with Crippen molar-refractivity contribution in [1.82, 2.24) is 24.7 Å². The SMILES string of the molecule is Cc1nn(Cc2ccccc2Cl)c(C)c1/C=N\n1c(=S)[nH]nc(C)c1=O. The van der Waals surface area contributed by atoms with Crippen molar-refractivity contribution in [2.45, 2.75) is 27.3 Å². The number of rotatable bonds is 4. The highest BCUT2D eigenvalue weighted by Crippen LogP contribution is 2.18. The predicted octanol–water partition coefficient (Wildman–Crippen LogP) is 3.01. The van der Waals surface area contributed by atoms with E-state index in [2.05, 4.69) is 20.4 Å². The minimum atomic E-state index is -0.358. The van der Waals surface area contributed by atoms with Crippen molar-refractivity contribution in [1.29, 1.82) is 0 Å². The molecule has 9 heteroatoms. The highest BCUT2D eigenvalue weighted by Gasteiger charge is 2.12. The van der Waals surface area contributed by atoms with Gasteiger partial charge < -0.3 is 0 Å². The number of halogens is 1. The summed E-state index contributed by atoms with van der Waals surface area (Å²) in [5.74, 6) is 0. The summed E-state index contributed by atoms with van der Waals surface area (Å²) in [4.78, 5) is 12.1. The van der Waals surface area contributed by atoms with Gasteiger partial charge in [-0.15, -0.1) is 0 Å². The Labute approximate surface area is 160 Å². The van der Waals surface area contributed by atoms with E-state index in [1.54, 1.807) is 13.1 Å². The zero-order valence-electron chi connectivity index (χ0n) is 14.5. The third-order valence-corrected chi connectivity index (χ3v) is 4.66. The number of aromatic nitrogens is 5. The first-order chi connectivity index (χ1) is 12.4. The summed E-state index contributed by atoms with van der Waals surface area (Å²) in [6.07, 6.45) is 1.59. The first-order valence-electron chi connectivity index (χ1n) is 7.88. The van der Waals surface area contributed by atoms with Gasteiger partial charge >= 0.3 is 0 Å². The van der Waals surface area contributed by atoms with Crippen LogP contribution in [0.15, 0.2) is 34.2 Å². The minimum Gasteiger partial charge on any atom is -0.265 e. The van der Waals surface area contributed by atoms with Crippen LogP contribution in [0.5, 0.6) is 0 Å². The van der Waals surface area contributed by atoms with Crippen molar-refractivity contribution in [2.24, 2.45) is 5.10 Å². The van der Waals surface area contributed by atoms with E-state index in [1.165, 1.54) is 0 Å². The van der Waals surface area contributed by atoms with E-state index in [-0.39, 0.29) is 10.3 Å². The molecule has 0 spiro atoms. The fourth-order valence-electron chi connectivity index (χ4n) is 2.53. The third kappa shape index (κ3) is 3.51. The van der Waals surface area contributed by atoms with Crippen LogP contribution in [0.3, 0.4) is 0 Å². The van der Waals surface area contributed by atoms with Gasteiger partial charge in [0.05, 0.1) is 18.5 Å². The minimum absolute atomic E-state index is 0.135. The molecule has 3 aromatic rings. The third-order valence-electron chi connectivity index (χ3n) is 4.03. The van der Waals surface area contributed by atoms with E-state index < -0.39 is 0 Å². The lowest BCUT2D eigenvalue weighted by molar-refractivity contribution is 0.659. The molecule has 0 aliphatic heterocycles. The smallest absolute Gasteiger partial charge is 0.265 e. The van der Waals surface area contributed by atoms with Gasteiger partial charge in [-0.3, -0.25) is 14.6 Å². The Morgan fingerprint density at radius 1 is 1.27 bits per heavy atom. The molecule has 0 fully saturated rings. The van der Waals surface area contributed by atoms with E-state index in [0.717, 1.165) is 27.2 Å². The van der Waals surface area contributed by atoms with Crippen LogP contribution >= 0.6 is 23.8 Å². The van der Waals surface area contributed by atoms with Gasteiger partial charge in [-0.25, -0.2) is 0 Å². The van der Waals surface area contributed by atoms with Crippen LogP contribution in [0, 0.1) is 25.5 Å². The van der Waals surface area contributed by atoms with E-state index >= 15 is 0 Å². The molecule has 0 aliphatic rings. The van der Waals surface area contributed by atoms with Crippen molar-refractivity contribution in [2.75, 3.05) is 0 Å². The highest BCUT2D eigenvalue weighted by molar-refractivity contribution is 7.71. The van der Waals surface area contributed by atoms with E-state index in [0.29, 0.717) is 17.3 Å². The maximum Gasteiger partial charge on any atom is 0.296 e. The van der Waals surface area contributed by atoms with Crippen molar-refractivity contribution >= 4 is 30.0 Å². The number of nitrogens with one attached hydrogen (secondary N) is 1. The summed E-state index contributed by atoms with van der Waals surface area (Å²) in [5, 5.41) is 15.9. The molecule has 1 N–H and O–H groups in total. The monoisotopic (exact) mass is 388 g/mol. The molecule has 0 bridgehead atoms. The maximum atomic E-state index is 12.1. The van der Waals surface area contributed by atoms with Crippen molar-refractivity contribution in [3.63, 3.8) is 0 Å². The average Bonchev–Trinajstić information content (AvgIpc) is 2.87. The maximum absolute atomic E-state index is 12.1. The molecule has 26 heavy (non-hydrogen) atoms. The number of nitrogens with zero attached hydrogens (tertiary/aromatic N) is 5. The molecule has 0 unspecified atom stereocenters. The normalized spacial score (nSPS) is 11.4. The number of H-pyrrole nitrogens is 1. The van der Waals surface area contributed by atoms with E-state index in [1.807, 2.05) is 42.8 Å². The van der Waals surface area contributed by atoms with Crippen molar-refractivity contribution < 1.29 is 0 Å². The van der Waals surface area contributed by atoms with Gasteiger partial charge in [0.15, 0.2) is 0 Å². The lowest BCUT2D eigenvalue weighted by atomic mass is 10.2. The molecular formula is C17H17ClN6OS. The van der Waals surface area contributed by atoms with Gasteiger partial charge in [-0.05, 0) is 44.6 Å². The van der Waals surface area contributed by atoms with E-state index in [9.17, 15) is 4.79 Å². The van der Waals surface area contributed by atoms with Gasteiger partial charge in [0.2, 0.25) is 4.77 Å². The topological polar surface area (TPSA) is 80.9 Å². The fourth-order valence-corrected chi connectivity index (χ4v) is 2.90. The summed E-state index contributed by atoms with van der Waals surface area (Å²) >= 11 is 11.3. The van der Waals surface area contributed by atoms with Crippen LogP contribution in [-0.2, 0) is 6.54 Å². The Morgan fingerprint density at radius 3 is 2.73 bits per heavy atom.